The Bertz CT molecular complexity index is 171. The first-order valence-corrected chi connectivity index (χ1v) is 4.90. The molecule has 3 heteroatoms. The molecule has 1 fully saturated rings. The summed E-state index contributed by atoms with van der Waals surface area (Å²) in [6.07, 6.45) is -2.93. The van der Waals surface area contributed by atoms with E-state index in [9.17, 15) is 13.2 Å². The Labute approximate surface area is 77.5 Å². The molecule has 0 N–H and O–H groups in total. The van der Waals surface area contributed by atoms with Crippen molar-refractivity contribution in [3.05, 3.63) is 0 Å². The second-order valence-electron chi connectivity index (χ2n) is 4.52. The molecule has 0 heterocycles. The van der Waals surface area contributed by atoms with E-state index in [4.69, 9.17) is 0 Å². The van der Waals surface area contributed by atoms with Gasteiger partial charge < -0.3 is 0 Å². The molecule has 78 valence electrons. The van der Waals surface area contributed by atoms with E-state index in [1.54, 1.807) is 0 Å². The monoisotopic (exact) mass is 194 g/mol. The number of halogens is 3. The van der Waals surface area contributed by atoms with Crippen LogP contribution in [0.1, 0.15) is 33.6 Å². The lowest BCUT2D eigenvalue weighted by Crippen LogP contribution is -2.31. The molecular formula is C10H17F3. The molecule has 0 aromatic heterocycles. The smallest absolute Gasteiger partial charge is 0.171 e. The summed E-state index contributed by atoms with van der Waals surface area (Å²) >= 11 is 0. The SMILES string of the molecule is CC(C)C1C(C)CCC1C(F)(F)F. The molecule has 1 saturated carbocycles. The molecule has 0 radical (unpaired) electrons. The van der Waals surface area contributed by atoms with Gasteiger partial charge in [0.25, 0.3) is 0 Å². The van der Waals surface area contributed by atoms with Gasteiger partial charge in [-0.2, -0.15) is 13.2 Å². The molecule has 0 amide bonds. The van der Waals surface area contributed by atoms with Crippen LogP contribution in [-0.4, -0.2) is 6.18 Å². The summed E-state index contributed by atoms with van der Waals surface area (Å²) in [5.41, 5.74) is 0. The van der Waals surface area contributed by atoms with Crippen molar-refractivity contribution in [2.75, 3.05) is 0 Å². The molecule has 0 aromatic carbocycles. The van der Waals surface area contributed by atoms with Gasteiger partial charge in [-0.3, -0.25) is 0 Å². The minimum absolute atomic E-state index is 0.143. The lowest BCUT2D eigenvalue weighted by molar-refractivity contribution is -0.188. The summed E-state index contributed by atoms with van der Waals surface area (Å²) in [4.78, 5) is 0. The van der Waals surface area contributed by atoms with E-state index in [1.807, 2.05) is 20.8 Å². The van der Waals surface area contributed by atoms with E-state index in [-0.39, 0.29) is 17.8 Å². The third kappa shape index (κ3) is 2.18. The molecule has 0 bridgehead atoms. The molecule has 3 unspecified atom stereocenters. The minimum atomic E-state index is -3.99. The third-order valence-corrected chi connectivity index (χ3v) is 3.24. The number of hydrogen-bond donors (Lipinski definition) is 0. The maximum Gasteiger partial charge on any atom is 0.392 e. The maximum absolute atomic E-state index is 12.5. The van der Waals surface area contributed by atoms with Gasteiger partial charge in [0.2, 0.25) is 0 Å². The number of alkyl halides is 3. The van der Waals surface area contributed by atoms with Gasteiger partial charge in [-0.15, -0.1) is 0 Å². The van der Waals surface area contributed by atoms with Gasteiger partial charge in [-0.1, -0.05) is 20.8 Å². The zero-order valence-electron chi connectivity index (χ0n) is 8.36. The summed E-state index contributed by atoms with van der Waals surface area (Å²) in [6.45, 7) is 5.73. The highest BCUT2D eigenvalue weighted by atomic mass is 19.4. The molecule has 1 aliphatic carbocycles. The number of rotatable bonds is 1. The Balaban J connectivity index is 2.76. The van der Waals surface area contributed by atoms with Crippen LogP contribution in [0.5, 0.6) is 0 Å². The van der Waals surface area contributed by atoms with Crippen LogP contribution < -0.4 is 0 Å². The standard InChI is InChI=1S/C10H17F3/c1-6(2)9-7(3)4-5-8(9)10(11,12)13/h6-9H,4-5H2,1-3H3. The van der Waals surface area contributed by atoms with E-state index in [1.165, 1.54) is 0 Å². The molecule has 3 atom stereocenters. The molecule has 0 aliphatic heterocycles. The van der Waals surface area contributed by atoms with Gasteiger partial charge in [-0.05, 0) is 30.6 Å². The minimum Gasteiger partial charge on any atom is -0.171 e. The van der Waals surface area contributed by atoms with Crippen molar-refractivity contribution in [3.8, 4) is 0 Å². The van der Waals surface area contributed by atoms with Crippen LogP contribution in [0, 0.1) is 23.7 Å². The van der Waals surface area contributed by atoms with Crippen LogP contribution >= 0.6 is 0 Å². The van der Waals surface area contributed by atoms with E-state index in [0.717, 1.165) is 6.42 Å². The van der Waals surface area contributed by atoms with E-state index in [2.05, 4.69) is 0 Å². The normalized spacial score (nSPS) is 35.8. The largest absolute Gasteiger partial charge is 0.392 e. The number of hydrogen-bond acceptors (Lipinski definition) is 0. The van der Waals surface area contributed by atoms with Crippen molar-refractivity contribution in [2.45, 2.75) is 39.8 Å². The van der Waals surface area contributed by atoms with Crippen LogP contribution in [0.25, 0.3) is 0 Å². The highest BCUT2D eigenvalue weighted by Crippen LogP contribution is 2.48. The lowest BCUT2D eigenvalue weighted by atomic mass is 9.81. The van der Waals surface area contributed by atoms with Crippen LogP contribution in [0.4, 0.5) is 13.2 Å². The van der Waals surface area contributed by atoms with Crippen LogP contribution in [0.15, 0.2) is 0 Å². The highest BCUT2D eigenvalue weighted by molar-refractivity contribution is 4.88. The summed E-state index contributed by atoms with van der Waals surface area (Å²) < 4.78 is 37.6. The molecule has 13 heavy (non-hydrogen) atoms. The van der Waals surface area contributed by atoms with Gasteiger partial charge >= 0.3 is 6.18 Å². The van der Waals surface area contributed by atoms with Crippen LogP contribution in [-0.2, 0) is 0 Å². The Hall–Kier alpha value is -0.210. The van der Waals surface area contributed by atoms with E-state index >= 15 is 0 Å². The van der Waals surface area contributed by atoms with E-state index in [0.29, 0.717) is 6.42 Å². The Morgan fingerprint density at radius 2 is 1.69 bits per heavy atom. The van der Waals surface area contributed by atoms with Crippen LogP contribution in [0.3, 0.4) is 0 Å². The molecule has 0 saturated heterocycles. The lowest BCUT2D eigenvalue weighted by Gasteiger charge is -2.28. The van der Waals surface area contributed by atoms with Crippen molar-refractivity contribution in [2.24, 2.45) is 23.7 Å². The highest BCUT2D eigenvalue weighted by Gasteiger charge is 2.50. The van der Waals surface area contributed by atoms with Crippen molar-refractivity contribution >= 4 is 0 Å². The predicted octanol–water partition coefficient (Wildman–Crippen LogP) is 3.87. The third-order valence-electron chi connectivity index (χ3n) is 3.24. The van der Waals surface area contributed by atoms with Crippen molar-refractivity contribution in [1.82, 2.24) is 0 Å². The Kier molecular flexibility index (Phi) is 2.93. The van der Waals surface area contributed by atoms with E-state index < -0.39 is 12.1 Å². The van der Waals surface area contributed by atoms with Crippen LogP contribution in [0.2, 0.25) is 0 Å². The fourth-order valence-corrected chi connectivity index (χ4v) is 2.73. The molecule has 0 spiro atoms. The molecule has 0 nitrogen and oxygen atoms in total. The fourth-order valence-electron chi connectivity index (χ4n) is 2.73. The predicted molar refractivity (Wildman–Crippen MR) is 46.3 cm³/mol. The first-order chi connectivity index (χ1) is 5.84. The molecule has 1 aliphatic rings. The second kappa shape index (κ2) is 3.50. The zero-order valence-corrected chi connectivity index (χ0v) is 8.36. The van der Waals surface area contributed by atoms with Crippen molar-refractivity contribution in [3.63, 3.8) is 0 Å². The van der Waals surface area contributed by atoms with Gasteiger partial charge in [0, 0.05) is 0 Å². The summed E-state index contributed by atoms with van der Waals surface area (Å²) in [5.74, 6) is -0.849. The Morgan fingerprint density at radius 3 is 2.00 bits per heavy atom. The average Bonchev–Trinajstić information content (AvgIpc) is 2.28. The van der Waals surface area contributed by atoms with Gasteiger partial charge in [0.15, 0.2) is 0 Å². The maximum atomic E-state index is 12.5. The van der Waals surface area contributed by atoms with Crippen molar-refractivity contribution in [1.29, 1.82) is 0 Å². The quantitative estimate of drug-likeness (QED) is 0.594. The average molecular weight is 194 g/mol. The molecule has 0 aromatic rings. The molecular weight excluding hydrogens is 177 g/mol. The Morgan fingerprint density at radius 1 is 1.15 bits per heavy atom. The second-order valence-corrected chi connectivity index (χ2v) is 4.52. The summed E-state index contributed by atoms with van der Waals surface area (Å²) in [6, 6.07) is 0. The van der Waals surface area contributed by atoms with Gasteiger partial charge in [0.1, 0.15) is 0 Å². The topological polar surface area (TPSA) is 0 Å². The van der Waals surface area contributed by atoms with Gasteiger partial charge in [-0.25, -0.2) is 0 Å². The van der Waals surface area contributed by atoms with Gasteiger partial charge in [0.05, 0.1) is 5.92 Å². The zero-order chi connectivity index (χ0) is 10.2. The first-order valence-electron chi connectivity index (χ1n) is 4.90. The first kappa shape index (κ1) is 10.9. The fraction of sp³-hybridized carbons (Fsp3) is 1.00. The molecule has 1 rings (SSSR count). The summed E-state index contributed by atoms with van der Waals surface area (Å²) in [5, 5.41) is 0. The summed E-state index contributed by atoms with van der Waals surface area (Å²) in [7, 11) is 0. The van der Waals surface area contributed by atoms with Crippen molar-refractivity contribution < 1.29 is 13.2 Å².